The molecule has 0 aliphatic carbocycles. The van der Waals surface area contributed by atoms with E-state index < -0.39 is 11.6 Å². The summed E-state index contributed by atoms with van der Waals surface area (Å²) in [6.45, 7) is 10.7. The summed E-state index contributed by atoms with van der Waals surface area (Å²) in [5.41, 5.74) is 5.88. The van der Waals surface area contributed by atoms with Gasteiger partial charge in [0.05, 0.1) is 52.2 Å². The van der Waals surface area contributed by atoms with Gasteiger partial charge in [-0.3, -0.25) is 4.79 Å². The third kappa shape index (κ3) is 5.38. The third-order valence-corrected chi connectivity index (χ3v) is 10.1. The molecule has 6 rings (SSSR count). The summed E-state index contributed by atoms with van der Waals surface area (Å²) in [7, 11) is 0. The summed E-state index contributed by atoms with van der Waals surface area (Å²) in [6, 6.07) is 13.7. The highest BCUT2D eigenvalue weighted by atomic mass is 35.5. The number of benzene rings is 2. The molecule has 1 amide bonds. The van der Waals surface area contributed by atoms with Gasteiger partial charge in [-0.1, -0.05) is 73.5 Å². The van der Waals surface area contributed by atoms with Crippen LogP contribution >= 0.6 is 23.2 Å². The number of aryl methyl sites for hydroxylation is 1. The van der Waals surface area contributed by atoms with Gasteiger partial charge in [-0.2, -0.15) is 5.10 Å². The molecule has 2 aliphatic rings. The highest BCUT2D eigenvalue weighted by Gasteiger charge is 2.56. The second-order valence-electron chi connectivity index (χ2n) is 13.1. The van der Waals surface area contributed by atoms with Crippen LogP contribution in [0.25, 0.3) is 5.69 Å². The maximum Gasteiger partial charge on any atom is 0.228 e. The van der Waals surface area contributed by atoms with E-state index in [1.165, 1.54) is 5.56 Å². The number of aromatic nitrogens is 5. The van der Waals surface area contributed by atoms with Crippen molar-refractivity contribution in [3.63, 3.8) is 0 Å². The molecule has 0 saturated carbocycles. The number of amides is 1. The van der Waals surface area contributed by atoms with Crippen molar-refractivity contribution in [2.45, 2.75) is 96.4 Å². The third-order valence-electron chi connectivity index (χ3n) is 9.33. The van der Waals surface area contributed by atoms with Gasteiger partial charge >= 0.3 is 0 Å². The number of fused-ring (bicyclic) bond motifs is 2. The minimum absolute atomic E-state index is 0.0518. The molecule has 2 aromatic heterocycles. The smallest absolute Gasteiger partial charge is 0.228 e. The van der Waals surface area contributed by atoms with Crippen molar-refractivity contribution in [3.8, 4) is 5.69 Å². The molecule has 10 heteroatoms. The van der Waals surface area contributed by atoms with Crippen molar-refractivity contribution < 1.29 is 9.90 Å². The maximum absolute atomic E-state index is 14.0. The zero-order valence-electron chi connectivity index (χ0n) is 25.3. The first-order valence-electron chi connectivity index (χ1n) is 14.9. The highest BCUT2D eigenvalue weighted by molar-refractivity contribution is 6.42. The number of carbonyl (C=O) groups is 1. The van der Waals surface area contributed by atoms with Gasteiger partial charge < -0.3 is 10.0 Å². The van der Waals surface area contributed by atoms with Crippen molar-refractivity contribution in [2.75, 3.05) is 0 Å². The molecule has 2 bridgehead atoms. The Labute approximate surface area is 262 Å². The SMILES string of the molecule is Cc1nn(-c2ccc(Cl)c(Cl)c2)c(C)c1CC(=O)N1C2CCC1(c1cn(CC(O)c3ccc(C(C)(C)C)cc3)nn1)CC2. The molecular weight excluding hydrogens is 583 g/mol. The average Bonchev–Trinajstić information content (AvgIpc) is 3.74. The van der Waals surface area contributed by atoms with Gasteiger partial charge in [-0.25, -0.2) is 9.36 Å². The Kier molecular flexibility index (Phi) is 7.68. The predicted octanol–water partition coefficient (Wildman–Crippen LogP) is 6.64. The number of hydrogen-bond donors (Lipinski definition) is 1. The van der Waals surface area contributed by atoms with Crippen LogP contribution in [0.2, 0.25) is 10.0 Å². The first-order chi connectivity index (χ1) is 20.4. The summed E-state index contributed by atoms with van der Waals surface area (Å²) in [5, 5.41) is 25.6. The second-order valence-corrected chi connectivity index (χ2v) is 13.9. The standard InChI is InChI=1S/C33H38Cl2N6O2/c1-20-26(21(2)41(37-20)25-10-11-27(34)28(35)16-25)17-31(43)40-24-12-14-33(40,15-13-24)30-19-39(38-36-30)18-29(42)22-6-8-23(9-7-22)32(3,4)5/h6-11,16,19,24,29,42H,12-15,17-18H2,1-5H3. The molecule has 8 nitrogen and oxygen atoms in total. The van der Waals surface area contributed by atoms with Gasteiger partial charge in [0.2, 0.25) is 5.91 Å². The number of rotatable bonds is 7. The maximum atomic E-state index is 14.0. The summed E-state index contributed by atoms with van der Waals surface area (Å²) < 4.78 is 3.53. The zero-order valence-corrected chi connectivity index (χ0v) is 26.8. The molecule has 0 radical (unpaired) electrons. The van der Waals surface area contributed by atoms with Gasteiger partial charge in [-0.05, 0) is 74.3 Å². The molecule has 226 valence electrons. The first-order valence-corrected chi connectivity index (χ1v) is 15.6. The second kappa shape index (κ2) is 11.1. The zero-order chi connectivity index (χ0) is 30.7. The van der Waals surface area contributed by atoms with Crippen LogP contribution in [0.1, 0.15) is 86.3 Å². The summed E-state index contributed by atoms with van der Waals surface area (Å²) in [5.74, 6) is 0.0772. The molecule has 2 fully saturated rings. The summed E-state index contributed by atoms with van der Waals surface area (Å²) in [4.78, 5) is 16.1. The number of hydrogen-bond acceptors (Lipinski definition) is 5. The molecule has 1 N–H and O–H groups in total. The topological polar surface area (TPSA) is 89.1 Å². The van der Waals surface area contributed by atoms with Crippen LogP contribution in [-0.2, 0) is 28.7 Å². The molecule has 2 aromatic carbocycles. The Morgan fingerprint density at radius 2 is 1.77 bits per heavy atom. The van der Waals surface area contributed by atoms with Crippen LogP contribution in [0.5, 0.6) is 0 Å². The van der Waals surface area contributed by atoms with Gasteiger partial charge in [0, 0.05) is 17.3 Å². The molecule has 1 atom stereocenters. The van der Waals surface area contributed by atoms with Crippen LogP contribution in [-0.4, -0.2) is 46.7 Å². The lowest BCUT2D eigenvalue weighted by molar-refractivity contribution is -0.135. The minimum atomic E-state index is -0.711. The van der Waals surface area contributed by atoms with Crippen LogP contribution in [0.15, 0.2) is 48.7 Å². The van der Waals surface area contributed by atoms with Gasteiger partial charge in [-0.15, -0.1) is 5.10 Å². The predicted molar refractivity (Wildman–Crippen MR) is 168 cm³/mol. The van der Waals surface area contributed by atoms with E-state index >= 15 is 0 Å². The lowest BCUT2D eigenvalue weighted by Crippen LogP contribution is -2.44. The minimum Gasteiger partial charge on any atom is -0.386 e. The van der Waals surface area contributed by atoms with Crippen molar-refractivity contribution in [1.29, 1.82) is 0 Å². The number of halogens is 2. The normalized spacial score (nSPS) is 20.7. The molecule has 43 heavy (non-hydrogen) atoms. The molecule has 0 spiro atoms. The molecule has 2 saturated heterocycles. The van der Waals surface area contributed by atoms with Gasteiger partial charge in [0.15, 0.2) is 0 Å². The quantitative estimate of drug-likeness (QED) is 0.250. The van der Waals surface area contributed by atoms with Gasteiger partial charge in [0.1, 0.15) is 5.69 Å². The summed E-state index contributed by atoms with van der Waals surface area (Å²) in [6.07, 6.45) is 5.08. The van der Waals surface area contributed by atoms with Crippen molar-refractivity contribution >= 4 is 29.1 Å². The molecule has 4 heterocycles. The fraction of sp³-hybridized carbons (Fsp3) is 0.455. The molecule has 4 aromatic rings. The average molecular weight is 622 g/mol. The Balaban J connectivity index is 1.20. The van der Waals surface area contributed by atoms with Crippen LogP contribution in [0, 0.1) is 13.8 Å². The Hall–Kier alpha value is -3.20. The van der Waals surface area contributed by atoms with Crippen molar-refractivity contribution in [3.05, 3.63) is 92.5 Å². The van der Waals surface area contributed by atoms with E-state index in [2.05, 4.69) is 48.1 Å². The van der Waals surface area contributed by atoms with Crippen LogP contribution in [0.4, 0.5) is 0 Å². The van der Waals surface area contributed by atoms with E-state index in [0.29, 0.717) is 16.6 Å². The lowest BCUT2D eigenvalue weighted by Gasteiger charge is -2.33. The Morgan fingerprint density at radius 3 is 2.42 bits per heavy atom. The Morgan fingerprint density at radius 1 is 1.07 bits per heavy atom. The molecular formula is C33H38Cl2N6O2. The van der Waals surface area contributed by atoms with E-state index in [0.717, 1.165) is 59.6 Å². The fourth-order valence-electron chi connectivity index (χ4n) is 6.87. The monoisotopic (exact) mass is 620 g/mol. The highest BCUT2D eigenvalue weighted by Crippen LogP contribution is 2.52. The summed E-state index contributed by atoms with van der Waals surface area (Å²) >= 11 is 12.4. The number of aliphatic hydroxyl groups is 1. The molecule has 1 unspecified atom stereocenters. The van der Waals surface area contributed by atoms with E-state index in [9.17, 15) is 9.90 Å². The van der Waals surface area contributed by atoms with Crippen molar-refractivity contribution in [2.24, 2.45) is 0 Å². The van der Waals surface area contributed by atoms with Crippen LogP contribution < -0.4 is 0 Å². The number of carbonyl (C=O) groups excluding carboxylic acids is 1. The number of aliphatic hydroxyl groups excluding tert-OH is 1. The largest absolute Gasteiger partial charge is 0.386 e. The lowest BCUT2D eigenvalue weighted by atomic mass is 9.85. The van der Waals surface area contributed by atoms with E-state index in [1.807, 2.05) is 42.9 Å². The molecule has 2 aliphatic heterocycles. The first kappa shape index (κ1) is 29.9. The fourth-order valence-corrected chi connectivity index (χ4v) is 7.17. The van der Waals surface area contributed by atoms with Crippen molar-refractivity contribution in [1.82, 2.24) is 29.7 Å². The van der Waals surface area contributed by atoms with Gasteiger partial charge in [0.25, 0.3) is 0 Å². The van der Waals surface area contributed by atoms with E-state index in [-0.39, 0.29) is 23.8 Å². The number of nitrogens with zero attached hydrogens (tertiary/aromatic N) is 6. The van der Waals surface area contributed by atoms with E-state index in [1.54, 1.807) is 16.8 Å². The van der Waals surface area contributed by atoms with Crippen LogP contribution in [0.3, 0.4) is 0 Å². The van der Waals surface area contributed by atoms with E-state index in [4.69, 9.17) is 28.3 Å². The Bertz CT molecular complexity index is 1660.